The van der Waals surface area contributed by atoms with E-state index in [0.29, 0.717) is 32.6 Å². The third kappa shape index (κ3) is 4.22. The van der Waals surface area contributed by atoms with Crippen molar-refractivity contribution in [1.82, 2.24) is 9.55 Å². The fraction of sp³-hybridized carbons (Fsp3) is 0.588. The molecule has 0 atom stereocenters. The maximum Gasteiger partial charge on any atom is 0.0956 e. The fourth-order valence-corrected chi connectivity index (χ4v) is 2.67. The third-order valence-electron chi connectivity index (χ3n) is 4.35. The molecule has 2 rings (SSSR count). The highest BCUT2D eigenvalue weighted by molar-refractivity contribution is 6.31. The molecule has 0 bridgehead atoms. The monoisotopic (exact) mass is 324 g/mol. The van der Waals surface area contributed by atoms with Gasteiger partial charge in [-0.2, -0.15) is 0 Å². The molecule has 1 saturated heterocycles. The first-order valence-electron chi connectivity index (χ1n) is 7.80. The Morgan fingerprint density at radius 1 is 1.50 bits per heavy atom. The lowest BCUT2D eigenvalue weighted by Gasteiger charge is -2.32. The van der Waals surface area contributed by atoms with E-state index >= 15 is 0 Å². The van der Waals surface area contributed by atoms with Crippen molar-refractivity contribution in [3.05, 3.63) is 34.4 Å². The summed E-state index contributed by atoms with van der Waals surface area (Å²) in [5.41, 5.74) is 2.39. The van der Waals surface area contributed by atoms with E-state index in [-0.39, 0.29) is 0 Å². The number of imidazole rings is 1. The molecule has 0 aromatic carbocycles. The molecule has 2 heterocycles. The molecule has 1 aromatic heterocycles. The lowest BCUT2D eigenvalue weighted by molar-refractivity contribution is -0.0730. The minimum absolute atomic E-state index is 0.556. The Balaban J connectivity index is 2.11. The molecule has 1 N–H and O–H groups in total. The summed E-state index contributed by atoms with van der Waals surface area (Å²) in [6.45, 7) is 7.92. The zero-order chi connectivity index (χ0) is 16.2. The first kappa shape index (κ1) is 17.3. The van der Waals surface area contributed by atoms with Crippen LogP contribution in [0.2, 0.25) is 0 Å². The van der Waals surface area contributed by atoms with Crippen molar-refractivity contribution in [2.24, 2.45) is 0 Å². The lowest BCUT2D eigenvalue weighted by atomic mass is 9.94. The highest BCUT2D eigenvalue weighted by atomic mass is 35.5. The van der Waals surface area contributed by atoms with Gasteiger partial charge in [-0.3, -0.25) is 0 Å². The van der Waals surface area contributed by atoms with Crippen LogP contribution in [-0.4, -0.2) is 33.5 Å². The molecular formula is C17H25ClN2O2. The van der Waals surface area contributed by atoms with Crippen molar-refractivity contribution in [1.29, 1.82) is 0 Å². The van der Waals surface area contributed by atoms with Crippen molar-refractivity contribution < 1.29 is 9.84 Å². The zero-order valence-electron chi connectivity index (χ0n) is 13.6. The van der Waals surface area contributed by atoms with Crippen LogP contribution in [0, 0.1) is 6.92 Å². The number of nitrogens with zero attached hydrogens (tertiary/aromatic N) is 2. The van der Waals surface area contributed by atoms with E-state index in [0.717, 1.165) is 28.4 Å². The standard InChI is InChI=1S/C17H25ClN2O2/c1-4-13(2)15(18)5-6-16-14(3)20(12-19-16)11-17(21)7-9-22-10-8-17/h5-6,12,21H,4,7-11H2,1-3H3/b6-5-,15-13-. The molecule has 5 heteroatoms. The highest BCUT2D eigenvalue weighted by Gasteiger charge is 2.30. The minimum Gasteiger partial charge on any atom is -0.388 e. The normalized spacial score (nSPS) is 19.5. The van der Waals surface area contributed by atoms with E-state index in [4.69, 9.17) is 16.3 Å². The number of aliphatic hydroxyl groups is 1. The topological polar surface area (TPSA) is 47.3 Å². The Hall–Kier alpha value is -1.10. The Labute approximate surface area is 137 Å². The first-order chi connectivity index (χ1) is 10.4. The lowest BCUT2D eigenvalue weighted by Crippen LogP contribution is -2.40. The number of aromatic nitrogens is 2. The molecule has 1 aliphatic heterocycles. The molecule has 0 saturated carbocycles. The Morgan fingerprint density at radius 3 is 2.82 bits per heavy atom. The maximum atomic E-state index is 10.6. The van der Waals surface area contributed by atoms with E-state index in [1.54, 1.807) is 6.33 Å². The molecule has 1 fully saturated rings. The van der Waals surface area contributed by atoms with Gasteiger partial charge < -0.3 is 14.4 Å². The average molecular weight is 325 g/mol. The molecule has 0 amide bonds. The summed E-state index contributed by atoms with van der Waals surface area (Å²) < 4.78 is 7.33. The van der Waals surface area contributed by atoms with E-state index in [2.05, 4.69) is 11.9 Å². The number of hydrogen-bond acceptors (Lipinski definition) is 3. The van der Waals surface area contributed by atoms with Gasteiger partial charge in [-0.05, 0) is 32.4 Å². The molecule has 0 aliphatic carbocycles. The van der Waals surface area contributed by atoms with Crippen molar-refractivity contribution >= 4 is 17.7 Å². The van der Waals surface area contributed by atoms with Gasteiger partial charge in [0.15, 0.2) is 0 Å². The van der Waals surface area contributed by atoms with Crippen LogP contribution >= 0.6 is 11.6 Å². The number of ether oxygens (including phenoxy) is 1. The Bertz CT molecular complexity index is 569. The first-order valence-corrected chi connectivity index (χ1v) is 8.18. The summed E-state index contributed by atoms with van der Waals surface area (Å²) >= 11 is 6.22. The molecule has 1 aliphatic rings. The van der Waals surface area contributed by atoms with Crippen molar-refractivity contribution in [3.8, 4) is 0 Å². The van der Waals surface area contributed by atoms with E-state index in [1.165, 1.54) is 0 Å². The summed E-state index contributed by atoms with van der Waals surface area (Å²) in [7, 11) is 0. The van der Waals surface area contributed by atoms with E-state index in [9.17, 15) is 5.11 Å². The van der Waals surface area contributed by atoms with Crippen LogP contribution in [0.25, 0.3) is 6.08 Å². The quantitative estimate of drug-likeness (QED) is 0.841. The summed E-state index contributed by atoms with van der Waals surface area (Å²) in [6, 6.07) is 0. The third-order valence-corrected chi connectivity index (χ3v) is 4.80. The maximum absolute atomic E-state index is 10.6. The Kier molecular flexibility index (Phi) is 5.84. The predicted molar refractivity (Wildman–Crippen MR) is 89.8 cm³/mol. The summed E-state index contributed by atoms with van der Waals surface area (Å²) in [5, 5.41) is 11.4. The van der Waals surface area contributed by atoms with Crippen molar-refractivity contribution in [2.75, 3.05) is 13.2 Å². The molecule has 0 spiro atoms. The number of allylic oxidation sites excluding steroid dienone is 3. The molecule has 0 unspecified atom stereocenters. The molecule has 22 heavy (non-hydrogen) atoms. The van der Waals surface area contributed by atoms with E-state index in [1.807, 2.05) is 30.6 Å². The van der Waals surface area contributed by atoms with Gasteiger partial charge in [-0.15, -0.1) is 0 Å². The van der Waals surface area contributed by atoms with Crippen LogP contribution in [0.1, 0.15) is 44.5 Å². The Morgan fingerprint density at radius 2 is 2.18 bits per heavy atom. The van der Waals surface area contributed by atoms with Crippen LogP contribution in [0.15, 0.2) is 23.0 Å². The summed E-state index contributed by atoms with van der Waals surface area (Å²) in [6.07, 6.45) is 7.88. The van der Waals surface area contributed by atoms with Crippen molar-refractivity contribution in [3.63, 3.8) is 0 Å². The SMILES string of the molecule is CC/C(C)=C(Cl)/C=C\c1ncn(CC2(O)CCOCC2)c1C. The van der Waals surface area contributed by atoms with Gasteiger partial charge in [0.2, 0.25) is 0 Å². The summed E-state index contributed by atoms with van der Waals surface area (Å²) in [5.74, 6) is 0. The van der Waals surface area contributed by atoms with Crippen LogP contribution in [-0.2, 0) is 11.3 Å². The largest absolute Gasteiger partial charge is 0.388 e. The zero-order valence-corrected chi connectivity index (χ0v) is 14.4. The van der Waals surface area contributed by atoms with Gasteiger partial charge in [0.1, 0.15) is 0 Å². The van der Waals surface area contributed by atoms with Gasteiger partial charge in [0.05, 0.1) is 24.2 Å². The molecule has 122 valence electrons. The van der Waals surface area contributed by atoms with E-state index < -0.39 is 5.60 Å². The van der Waals surface area contributed by atoms with Crippen LogP contribution in [0.4, 0.5) is 0 Å². The highest BCUT2D eigenvalue weighted by Crippen LogP contribution is 2.24. The van der Waals surface area contributed by atoms with Crippen LogP contribution in [0.5, 0.6) is 0 Å². The average Bonchev–Trinajstić information content (AvgIpc) is 2.84. The number of rotatable bonds is 5. The minimum atomic E-state index is -0.693. The van der Waals surface area contributed by atoms with Crippen LogP contribution in [0.3, 0.4) is 0 Å². The second-order valence-corrected chi connectivity index (χ2v) is 6.40. The van der Waals surface area contributed by atoms with Gasteiger partial charge >= 0.3 is 0 Å². The van der Waals surface area contributed by atoms with Crippen molar-refractivity contribution in [2.45, 2.75) is 52.2 Å². The molecular weight excluding hydrogens is 300 g/mol. The summed E-state index contributed by atoms with van der Waals surface area (Å²) in [4.78, 5) is 4.42. The fourth-order valence-electron chi connectivity index (χ4n) is 2.47. The van der Waals surface area contributed by atoms with Gasteiger partial charge in [0.25, 0.3) is 0 Å². The van der Waals surface area contributed by atoms with Gasteiger partial charge in [-0.1, -0.05) is 24.1 Å². The second kappa shape index (κ2) is 7.44. The predicted octanol–water partition coefficient (Wildman–Crippen LogP) is 3.67. The molecule has 0 radical (unpaired) electrons. The van der Waals surface area contributed by atoms with Crippen LogP contribution < -0.4 is 0 Å². The number of halogens is 1. The van der Waals surface area contributed by atoms with Gasteiger partial charge in [0, 0.05) is 36.8 Å². The number of hydrogen-bond donors (Lipinski definition) is 1. The smallest absolute Gasteiger partial charge is 0.0956 e. The molecule has 1 aromatic rings. The second-order valence-electron chi connectivity index (χ2n) is 5.99. The molecule has 4 nitrogen and oxygen atoms in total. The van der Waals surface area contributed by atoms with Gasteiger partial charge in [-0.25, -0.2) is 4.98 Å².